The summed E-state index contributed by atoms with van der Waals surface area (Å²) in [5.74, 6) is -0.389. The molecule has 0 fully saturated rings. The first-order chi connectivity index (χ1) is 11.5. The lowest BCUT2D eigenvalue weighted by atomic mass is 10.0. The molecule has 2 aromatic carbocycles. The Morgan fingerprint density at radius 3 is 2.58 bits per heavy atom. The molecular formula is C17H16BrNO5. The number of phenols is 1. The van der Waals surface area contributed by atoms with Crippen molar-refractivity contribution >= 4 is 21.8 Å². The van der Waals surface area contributed by atoms with Gasteiger partial charge in [-0.2, -0.15) is 0 Å². The van der Waals surface area contributed by atoms with E-state index in [1.807, 2.05) is 6.07 Å². The predicted octanol–water partition coefficient (Wildman–Crippen LogP) is 2.70. The van der Waals surface area contributed by atoms with Gasteiger partial charge in [-0.15, -0.1) is 0 Å². The average Bonchev–Trinajstić information content (AvgIpc) is 2.60. The molecule has 1 amide bonds. The maximum atomic E-state index is 11.2. The molecule has 0 aliphatic carbocycles. The van der Waals surface area contributed by atoms with Crippen LogP contribution in [-0.4, -0.2) is 27.4 Å². The molecule has 0 unspecified atom stereocenters. The molecule has 2 atom stereocenters. The molecule has 0 aromatic heterocycles. The van der Waals surface area contributed by atoms with Crippen LogP contribution >= 0.6 is 15.9 Å². The third-order valence-corrected chi connectivity index (χ3v) is 3.68. The Morgan fingerprint density at radius 2 is 1.92 bits per heavy atom. The van der Waals surface area contributed by atoms with Gasteiger partial charge in [0.2, 0.25) is 0 Å². The van der Waals surface area contributed by atoms with E-state index in [0.29, 0.717) is 10.2 Å². The van der Waals surface area contributed by atoms with Crippen molar-refractivity contribution < 1.29 is 25.0 Å². The SMILES string of the molecule is O=C(/C=C/[C@@H](Oc1ccccc1)[C@H](O)c1cc(Br)ccc1O)NO. The highest BCUT2D eigenvalue weighted by Gasteiger charge is 2.24. The normalized spacial score (nSPS) is 13.5. The summed E-state index contributed by atoms with van der Waals surface area (Å²) in [5, 5.41) is 29.1. The van der Waals surface area contributed by atoms with E-state index in [0.717, 1.165) is 6.08 Å². The number of carbonyl (C=O) groups excluding carboxylic acids is 1. The Balaban J connectivity index is 2.31. The smallest absolute Gasteiger partial charge is 0.267 e. The highest BCUT2D eigenvalue weighted by Crippen LogP contribution is 2.31. The summed E-state index contributed by atoms with van der Waals surface area (Å²) in [4.78, 5) is 11.2. The second-order valence-electron chi connectivity index (χ2n) is 4.88. The van der Waals surface area contributed by atoms with E-state index in [1.54, 1.807) is 36.4 Å². The Labute approximate surface area is 147 Å². The van der Waals surface area contributed by atoms with Crippen LogP contribution in [0.4, 0.5) is 0 Å². The van der Waals surface area contributed by atoms with Gasteiger partial charge >= 0.3 is 0 Å². The van der Waals surface area contributed by atoms with Gasteiger partial charge in [-0.1, -0.05) is 34.1 Å². The summed E-state index contributed by atoms with van der Waals surface area (Å²) >= 11 is 3.28. The van der Waals surface area contributed by atoms with E-state index in [1.165, 1.54) is 17.6 Å². The quantitative estimate of drug-likeness (QED) is 0.343. The molecule has 7 heteroatoms. The molecule has 24 heavy (non-hydrogen) atoms. The van der Waals surface area contributed by atoms with E-state index in [4.69, 9.17) is 9.94 Å². The number of phenolic OH excluding ortho intramolecular Hbond substituents is 1. The van der Waals surface area contributed by atoms with E-state index < -0.39 is 18.1 Å². The molecule has 2 rings (SSSR count). The van der Waals surface area contributed by atoms with Crippen LogP contribution in [0.25, 0.3) is 0 Å². The standard InChI is InChI=1S/C17H16BrNO5/c18-11-6-7-14(20)13(10-11)17(22)15(8-9-16(21)19-23)24-12-4-2-1-3-5-12/h1-10,15,17,20,22-23H,(H,19,21)/b9-8+/t15-,17-/m1/s1. The number of nitrogens with one attached hydrogen (secondary N) is 1. The first kappa shape index (κ1) is 18.0. The highest BCUT2D eigenvalue weighted by atomic mass is 79.9. The minimum Gasteiger partial charge on any atom is -0.508 e. The van der Waals surface area contributed by atoms with Gasteiger partial charge in [0.15, 0.2) is 0 Å². The number of ether oxygens (including phenoxy) is 1. The average molecular weight is 394 g/mol. The molecule has 0 saturated heterocycles. The summed E-state index contributed by atoms with van der Waals surface area (Å²) in [5.41, 5.74) is 1.70. The number of benzene rings is 2. The molecule has 6 nitrogen and oxygen atoms in total. The van der Waals surface area contributed by atoms with E-state index in [2.05, 4.69) is 15.9 Å². The number of hydrogen-bond donors (Lipinski definition) is 4. The van der Waals surface area contributed by atoms with Crippen molar-refractivity contribution in [2.45, 2.75) is 12.2 Å². The van der Waals surface area contributed by atoms with Crippen LogP contribution in [-0.2, 0) is 4.79 Å². The van der Waals surface area contributed by atoms with Crippen molar-refractivity contribution in [1.29, 1.82) is 0 Å². The molecule has 0 spiro atoms. The summed E-state index contributed by atoms with van der Waals surface area (Å²) in [6.45, 7) is 0. The molecular weight excluding hydrogens is 378 g/mol. The maximum absolute atomic E-state index is 11.2. The molecule has 4 N–H and O–H groups in total. The number of hydrogen-bond acceptors (Lipinski definition) is 5. The Hall–Kier alpha value is -2.35. The van der Waals surface area contributed by atoms with Crippen LogP contribution in [0.1, 0.15) is 11.7 Å². The van der Waals surface area contributed by atoms with Crippen molar-refractivity contribution in [3.8, 4) is 11.5 Å². The molecule has 0 aliphatic rings. The lowest BCUT2D eigenvalue weighted by Crippen LogP contribution is -2.25. The van der Waals surface area contributed by atoms with Crippen molar-refractivity contribution in [2.75, 3.05) is 0 Å². The summed E-state index contributed by atoms with van der Waals surface area (Å²) in [7, 11) is 0. The van der Waals surface area contributed by atoms with Crippen molar-refractivity contribution in [3.63, 3.8) is 0 Å². The molecule has 0 heterocycles. The Morgan fingerprint density at radius 1 is 1.21 bits per heavy atom. The fourth-order valence-electron chi connectivity index (χ4n) is 2.02. The number of rotatable bonds is 6. The zero-order chi connectivity index (χ0) is 17.5. The largest absolute Gasteiger partial charge is 0.508 e. The van der Waals surface area contributed by atoms with Crippen LogP contribution in [0.3, 0.4) is 0 Å². The third-order valence-electron chi connectivity index (χ3n) is 3.18. The van der Waals surface area contributed by atoms with Crippen molar-refractivity contribution in [1.82, 2.24) is 5.48 Å². The number of para-hydroxylation sites is 1. The first-order valence-electron chi connectivity index (χ1n) is 7.01. The van der Waals surface area contributed by atoms with Crippen LogP contribution < -0.4 is 10.2 Å². The van der Waals surface area contributed by atoms with Crippen LogP contribution in [0.2, 0.25) is 0 Å². The second-order valence-corrected chi connectivity index (χ2v) is 5.79. The first-order valence-corrected chi connectivity index (χ1v) is 7.81. The van der Waals surface area contributed by atoms with E-state index in [9.17, 15) is 15.0 Å². The van der Waals surface area contributed by atoms with Gasteiger partial charge in [0.25, 0.3) is 5.91 Å². The zero-order valence-electron chi connectivity index (χ0n) is 12.5. The number of carbonyl (C=O) groups is 1. The minimum absolute atomic E-state index is 0.104. The van der Waals surface area contributed by atoms with Gasteiger partial charge in [0, 0.05) is 16.1 Å². The monoisotopic (exact) mass is 393 g/mol. The van der Waals surface area contributed by atoms with E-state index >= 15 is 0 Å². The highest BCUT2D eigenvalue weighted by molar-refractivity contribution is 9.10. The summed E-state index contributed by atoms with van der Waals surface area (Å²) < 4.78 is 6.37. The van der Waals surface area contributed by atoms with Crippen molar-refractivity contribution in [3.05, 3.63) is 70.7 Å². The van der Waals surface area contributed by atoms with Gasteiger partial charge < -0.3 is 14.9 Å². The summed E-state index contributed by atoms with van der Waals surface area (Å²) in [6.07, 6.45) is 0.116. The fraction of sp³-hybridized carbons (Fsp3) is 0.118. The van der Waals surface area contributed by atoms with Gasteiger partial charge in [0.05, 0.1) is 0 Å². The third kappa shape index (κ3) is 4.82. The molecule has 2 aromatic rings. The number of aromatic hydroxyl groups is 1. The lowest BCUT2D eigenvalue weighted by Gasteiger charge is -2.22. The topological polar surface area (TPSA) is 99.0 Å². The number of amides is 1. The molecule has 0 saturated carbocycles. The lowest BCUT2D eigenvalue weighted by molar-refractivity contribution is -0.124. The molecule has 0 radical (unpaired) electrons. The van der Waals surface area contributed by atoms with Gasteiger partial charge in [-0.25, -0.2) is 5.48 Å². The fourth-order valence-corrected chi connectivity index (χ4v) is 2.40. The number of aliphatic hydroxyl groups excluding tert-OH is 1. The number of aliphatic hydroxyl groups is 1. The van der Waals surface area contributed by atoms with Crippen LogP contribution in [0.15, 0.2) is 65.2 Å². The molecule has 0 bridgehead atoms. The predicted molar refractivity (Wildman–Crippen MR) is 90.7 cm³/mol. The van der Waals surface area contributed by atoms with Crippen LogP contribution in [0.5, 0.6) is 11.5 Å². The zero-order valence-corrected chi connectivity index (χ0v) is 14.1. The Kier molecular flexibility index (Phi) is 6.36. The van der Waals surface area contributed by atoms with Crippen LogP contribution in [0, 0.1) is 0 Å². The summed E-state index contributed by atoms with van der Waals surface area (Å²) in [6, 6.07) is 13.4. The van der Waals surface area contributed by atoms with Crippen molar-refractivity contribution in [2.24, 2.45) is 0 Å². The number of hydroxylamine groups is 1. The van der Waals surface area contributed by atoms with Gasteiger partial charge in [0.1, 0.15) is 23.7 Å². The maximum Gasteiger partial charge on any atom is 0.267 e. The molecule has 0 aliphatic heterocycles. The molecule has 126 valence electrons. The van der Waals surface area contributed by atoms with Gasteiger partial charge in [-0.3, -0.25) is 10.0 Å². The minimum atomic E-state index is -1.24. The Bertz CT molecular complexity index is 720. The van der Waals surface area contributed by atoms with Gasteiger partial charge in [-0.05, 0) is 36.4 Å². The second kappa shape index (κ2) is 8.49. The number of halogens is 1. The van der Waals surface area contributed by atoms with E-state index in [-0.39, 0.29) is 11.3 Å².